The molecule has 0 aromatic rings. The van der Waals surface area contributed by atoms with Crippen LogP contribution in [0.5, 0.6) is 0 Å². The molecule has 0 atom stereocenters. The van der Waals surface area contributed by atoms with Crippen LogP contribution in [0.2, 0.25) is 0 Å². The maximum atomic E-state index is 10.0. The highest BCUT2D eigenvalue weighted by Crippen LogP contribution is 1.88. The van der Waals surface area contributed by atoms with Crippen LogP contribution < -0.4 is 5.73 Å². The van der Waals surface area contributed by atoms with Crippen LogP contribution in [0.25, 0.3) is 0 Å². The molecular weight excluding hydrogens is 168 g/mol. The standard InChI is InChI=1S/C4H6N4O4/c1-6-4(8(11)12)2-3(5)7(9)10/h2H,5H2,1H3. The summed E-state index contributed by atoms with van der Waals surface area (Å²) >= 11 is 0. The Labute approximate surface area is 66.7 Å². The van der Waals surface area contributed by atoms with Gasteiger partial charge in [0.05, 0.1) is 0 Å². The third kappa shape index (κ3) is 2.73. The lowest BCUT2D eigenvalue weighted by Crippen LogP contribution is -2.15. The average molecular weight is 174 g/mol. The van der Waals surface area contributed by atoms with Crippen molar-refractivity contribution in [3.63, 3.8) is 0 Å². The number of hydrogen-bond acceptors (Lipinski definition) is 6. The van der Waals surface area contributed by atoms with E-state index in [1.807, 2.05) is 0 Å². The van der Waals surface area contributed by atoms with E-state index in [-0.39, 0.29) is 0 Å². The van der Waals surface area contributed by atoms with Crippen LogP contribution in [-0.2, 0) is 0 Å². The molecule has 0 amide bonds. The number of hydrogen-bond donors (Lipinski definition) is 1. The second-order valence-corrected chi connectivity index (χ2v) is 1.67. The predicted octanol–water partition coefficient (Wildman–Crippen LogP) is -0.632. The molecule has 8 nitrogen and oxygen atoms in total. The van der Waals surface area contributed by atoms with Crippen molar-refractivity contribution in [3.8, 4) is 0 Å². The topological polar surface area (TPSA) is 125 Å². The molecule has 0 aromatic carbocycles. The summed E-state index contributed by atoms with van der Waals surface area (Å²) in [5.74, 6) is -1.46. The molecule has 2 N–H and O–H groups in total. The third-order valence-corrected chi connectivity index (χ3v) is 0.904. The molecule has 0 fully saturated rings. The van der Waals surface area contributed by atoms with Gasteiger partial charge in [0.2, 0.25) is 0 Å². The molecule has 0 bridgehead atoms. The zero-order chi connectivity index (χ0) is 9.72. The lowest BCUT2D eigenvalue weighted by Gasteiger charge is -1.92. The molecule has 8 heteroatoms. The van der Waals surface area contributed by atoms with Gasteiger partial charge in [-0.1, -0.05) is 4.99 Å². The molecular formula is C4H6N4O4. The van der Waals surface area contributed by atoms with E-state index in [0.29, 0.717) is 6.08 Å². The fourth-order valence-corrected chi connectivity index (χ4v) is 0.384. The van der Waals surface area contributed by atoms with Crippen LogP contribution in [0.1, 0.15) is 0 Å². The second-order valence-electron chi connectivity index (χ2n) is 1.67. The average Bonchev–Trinajstić information content (AvgIpc) is 1.98. The Hall–Kier alpha value is -1.99. The highest BCUT2D eigenvalue weighted by molar-refractivity contribution is 5.85. The van der Waals surface area contributed by atoms with Gasteiger partial charge >= 0.3 is 11.7 Å². The van der Waals surface area contributed by atoms with E-state index in [9.17, 15) is 20.2 Å². The van der Waals surface area contributed by atoms with Crippen molar-refractivity contribution >= 4 is 5.84 Å². The van der Waals surface area contributed by atoms with Crippen LogP contribution in [0.4, 0.5) is 0 Å². The molecule has 0 heterocycles. The molecule has 0 aliphatic carbocycles. The first-order valence-corrected chi connectivity index (χ1v) is 2.71. The highest BCUT2D eigenvalue weighted by atomic mass is 16.6. The van der Waals surface area contributed by atoms with Crippen LogP contribution in [-0.4, -0.2) is 22.7 Å². The van der Waals surface area contributed by atoms with E-state index in [1.165, 1.54) is 0 Å². The van der Waals surface area contributed by atoms with Crippen molar-refractivity contribution in [2.75, 3.05) is 7.05 Å². The summed E-state index contributed by atoms with van der Waals surface area (Å²) in [6.45, 7) is 0. The number of amidine groups is 1. The number of nitro groups is 2. The number of aliphatic imine (C=N–C) groups is 1. The van der Waals surface area contributed by atoms with Gasteiger partial charge in [-0.2, -0.15) is 0 Å². The number of rotatable bonds is 2. The predicted molar refractivity (Wildman–Crippen MR) is 39.6 cm³/mol. The van der Waals surface area contributed by atoms with Gasteiger partial charge < -0.3 is 20.2 Å². The van der Waals surface area contributed by atoms with E-state index in [4.69, 9.17) is 5.73 Å². The van der Waals surface area contributed by atoms with E-state index < -0.39 is 21.5 Å². The largest absolute Gasteiger partial charge is 0.366 e. The van der Waals surface area contributed by atoms with Crippen LogP contribution >= 0.6 is 0 Å². The van der Waals surface area contributed by atoms with E-state index in [0.717, 1.165) is 7.05 Å². The molecule has 66 valence electrons. The maximum Gasteiger partial charge on any atom is 0.366 e. The lowest BCUT2D eigenvalue weighted by molar-refractivity contribution is -0.427. The highest BCUT2D eigenvalue weighted by Gasteiger charge is 2.11. The molecule has 0 radical (unpaired) electrons. The number of nitrogens with zero attached hydrogens (tertiary/aromatic N) is 3. The summed E-state index contributed by atoms with van der Waals surface area (Å²) in [6.07, 6.45) is 0.583. The minimum absolute atomic E-state index is 0.583. The first-order valence-electron chi connectivity index (χ1n) is 2.71. The number of nitrogens with two attached hydrogens (primary N) is 1. The first kappa shape index (κ1) is 10.0. The van der Waals surface area contributed by atoms with Gasteiger partial charge in [0, 0.05) is 0 Å². The molecule has 0 saturated heterocycles. The first-order chi connectivity index (χ1) is 5.49. The van der Waals surface area contributed by atoms with Crippen molar-refractivity contribution in [1.29, 1.82) is 0 Å². The maximum absolute atomic E-state index is 10.0. The van der Waals surface area contributed by atoms with Gasteiger partial charge in [0.1, 0.15) is 13.1 Å². The lowest BCUT2D eigenvalue weighted by atomic mass is 10.5. The van der Waals surface area contributed by atoms with Gasteiger partial charge in [0.25, 0.3) is 0 Å². The second kappa shape index (κ2) is 4.01. The van der Waals surface area contributed by atoms with Crippen LogP contribution in [0.15, 0.2) is 16.9 Å². The molecule has 12 heavy (non-hydrogen) atoms. The fourth-order valence-electron chi connectivity index (χ4n) is 0.384. The van der Waals surface area contributed by atoms with Crippen molar-refractivity contribution in [1.82, 2.24) is 0 Å². The van der Waals surface area contributed by atoms with Gasteiger partial charge in [0.15, 0.2) is 0 Å². The van der Waals surface area contributed by atoms with Gasteiger partial charge in [-0.3, -0.25) is 5.73 Å². The molecule has 0 saturated carbocycles. The molecule has 0 rings (SSSR count). The monoisotopic (exact) mass is 174 g/mol. The summed E-state index contributed by atoms with van der Waals surface area (Å²) in [6, 6.07) is 0. The molecule has 0 spiro atoms. The Morgan fingerprint density at radius 2 is 1.92 bits per heavy atom. The smallest absolute Gasteiger partial charge is 0.358 e. The zero-order valence-corrected chi connectivity index (χ0v) is 6.13. The molecule has 0 unspecified atom stereocenters. The quantitative estimate of drug-likeness (QED) is 0.258. The van der Waals surface area contributed by atoms with Crippen molar-refractivity contribution in [2.24, 2.45) is 10.7 Å². The van der Waals surface area contributed by atoms with Crippen LogP contribution in [0, 0.1) is 20.2 Å². The van der Waals surface area contributed by atoms with E-state index in [1.54, 1.807) is 0 Å². The Bertz CT molecular complexity index is 268. The SMILES string of the molecule is CN=C(C=C(N)[N+](=O)[O-])[N+](=O)[O-]. The minimum atomic E-state index is -0.936. The third-order valence-electron chi connectivity index (χ3n) is 0.904. The molecule has 0 aliphatic heterocycles. The van der Waals surface area contributed by atoms with Gasteiger partial charge in [-0.05, 0) is 9.85 Å². The summed E-state index contributed by atoms with van der Waals surface area (Å²) in [5.41, 5.74) is 4.81. The van der Waals surface area contributed by atoms with E-state index >= 15 is 0 Å². The van der Waals surface area contributed by atoms with Crippen molar-refractivity contribution in [2.45, 2.75) is 0 Å². The van der Waals surface area contributed by atoms with Crippen LogP contribution in [0.3, 0.4) is 0 Å². The summed E-state index contributed by atoms with van der Waals surface area (Å²) < 4.78 is 0. The Kier molecular flexibility index (Phi) is 3.34. The molecule has 0 aliphatic rings. The summed E-state index contributed by atoms with van der Waals surface area (Å²) in [7, 11) is 1.14. The summed E-state index contributed by atoms with van der Waals surface area (Å²) in [4.78, 5) is 21.3. The van der Waals surface area contributed by atoms with Crippen molar-refractivity contribution in [3.05, 3.63) is 32.1 Å². The van der Waals surface area contributed by atoms with E-state index in [2.05, 4.69) is 4.99 Å². The fraction of sp³-hybridized carbons (Fsp3) is 0.250. The molecule has 0 aromatic heterocycles. The normalized spacial score (nSPS) is 12.8. The summed E-state index contributed by atoms with van der Waals surface area (Å²) in [5, 5.41) is 19.9. The Morgan fingerprint density at radius 1 is 1.42 bits per heavy atom. The van der Waals surface area contributed by atoms with Crippen molar-refractivity contribution < 1.29 is 9.85 Å². The minimum Gasteiger partial charge on any atom is -0.358 e. The van der Waals surface area contributed by atoms with Gasteiger partial charge in [-0.15, -0.1) is 0 Å². The Morgan fingerprint density at radius 3 is 2.17 bits per heavy atom. The Balaban J connectivity index is 4.72. The van der Waals surface area contributed by atoms with Gasteiger partial charge in [-0.25, -0.2) is 0 Å². The zero-order valence-electron chi connectivity index (χ0n) is 6.13.